The van der Waals surface area contributed by atoms with E-state index in [-0.39, 0.29) is 5.82 Å². The molecule has 0 aliphatic heterocycles. The number of nitrogens with zero attached hydrogens (tertiary/aromatic N) is 2. The number of aryl methyl sites for hydroxylation is 1. The molecule has 0 amide bonds. The highest BCUT2D eigenvalue weighted by Crippen LogP contribution is 2.19. The van der Waals surface area contributed by atoms with Gasteiger partial charge >= 0.3 is 0 Å². The van der Waals surface area contributed by atoms with Crippen molar-refractivity contribution in [2.75, 3.05) is 0 Å². The van der Waals surface area contributed by atoms with Gasteiger partial charge in [0.25, 0.3) is 0 Å². The van der Waals surface area contributed by atoms with E-state index < -0.39 is 0 Å². The van der Waals surface area contributed by atoms with Crippen LogP contribution in [0.25, 0.3) is 0 Å². The Bertz CT molecular complexity index is 873. The number of nitrogens with one attached hydrogen (secondary N) is 1. The summed E-state index contributed by atoms with van der Waals surface area (Å²) in [6, 6.07) is 14.6. The Balaban J connectivity index is 1.70. The van der Waals surface area contributed by atoms with Crippen molar-refractivity contribution in [1.82, 2.24) is 15.1 Å². The summed E-state index contributed by atoms with van der Waals surface area (Å²) in [5.41, 5.74) is 4.93. The molecule has 0 fully saturated rings. The lowest BCUT2D eigenvalue weighted by Crippen LogP contribution is -2.15. The number of hydrogen-bond acceptors (Lipinski definition) is 2. The smallest absolute Gasteiger partial charge is 0.127 e. The predicted octanol–water partition coefficient (Wildman–Crippen LogP) is 4.63. The monoisotopic (exact) mass is 357 g/mol. The van der Waals surface area contributed by atoms with Gasteiger partial charge in [-0.15, -0.1) is 0 Å². The van der Waals surface area contributed by atoms with E-state index in [4.69, 9.17) is 11.6 Å². The van der Waals surface area contributed by atoms with Crippen LogP contribution >= 0.6 is 11.6 Å². The second kappa shape index (κ2) is 7.81. The highest BCUT2D eigenvalue weighted by atomic mass is 35.5. The van der Waals surface area contributed by atoms with Gasteiger partial charge in [-0.3, -0.25) is 4.68 Å². The topological polar surface area (TPSA) is 29.9 Å². The van der Waals surface area contributed by atoms with E-state index >= 15 is 0 Å². The fraction of sp³-hybridized carbons (Fsp3) is 0.250. The Morgan fingerprint density at radius 2 is 1.68 bits per heavy atom. The summed E-state index contributed by atoms with van der Waals surface area (Å²) in [5, 5.41) is 8.69. The average molecular weight is 358 g/mol. The fourth-order valence-corrected chi connectivity index (χ4v) is 3.09. The molecule has 1 aromatic heterocycles. The van der Waals surface area contributed by atoms with Crippen LogP contribution < -0.4 is 5.32 Å². The third-order valence-electron chi connectivity index (χ3n) is 4.38. The second-order valence-corrected chi connectivity index (χ2v) is 6.50. The molecule has 130 valence electrons. The van der Waals surface area contributed by atoms with Gasteiger partial charge in [0.1, 0.15) is 5.82 Å². The van der Waals surface area contributed by atoms with Crippen molar-refractivity contribution in [3.63, 3.8) is 0 Å². The van der Waals surface area contributed by atoms with Crippen molar-refractivity contribution in [3.05, 3.63) is 87.4 Å². The molecule has 3 aromatic rings. The SMILES string of the molecule is Cc1nn(Cc2ccccc2Cl)c(C)c1CNCc1ccccc1F. The van der Waals surface area contributed by atoms with Crippen LogP contribution in [0, 0.1) is 19.7 Å². The molecule has 0 radical (unpaired) electrons. The zero-order chi connectivity index (χ0) is 17.8. The number of aromatic nitrogens is 2. The molecular formula is C20H21ClFN3. The van der Waals surface area contributed by atoms with E-state index in [0.717, 1.165) is 27.5 Å². The second-order valence-electron chi connectivity index (χ2n) is 6.09. The molecule has 5 heteroatoms. The zero-order valence-electron chi connectivity index (χ0n) is 14.4. The Morgan fingerprint density at radius 3 is 2.40 bits per heavy atom. The maximum Gasteiger partial charge on any atom is 0.127 e. The first-order valence-electron chi connectivity index (χ1n) is 8.26. The molecule has 0 bridgehead atoms. The molecule has 0 spiro atoms. The van der Waals surface area contributed by atoms with Gasteiger partial charge in [0.15, 0.2) is 0 Å². The van der Waals surface area contributed by atoms with Crippen LogP contribution in [0.2, 0.25) is 5.02 Å². The molecule has 0 atom stereocenters. The lowest BCUT2D eigenvalue weighted by Gasteiger charge is -2.08. The minimum Gasteiger partial charge on any atom is -0.308 e. The summed E-state index contributed by atoms with van der Waals surface area (Å²) in [6.45, 7) is 5.82. The van der Waals surface area contributed by atoms with Crippen molar-refractivity contribution in [2.24, 2.45) is 0 Å². The van der Waals surface area contributed by atoms with E-state index in [1.807, 2.05) is 41.9 Å². The Kier molecular flexibility index (Phi) is 5.51. The number of rotatable bonds is 6. The maximum atomic E-state index is 13.7. The molecule has 0 saturated carbocycles. The minimum absolute atomic E-state index is 0.183. The van der Waals surface area contributed by atoms with Crippen molar-refractivity contribution in [3.8, 4) is 0 Å². The Hall–Kier alpha value is -2.17. The third kappa shape index (κ3) is 4.09. The quantitative estimate of drug-likeness (QED) is 0.697. The third-order valence-corrected chi connectivity index (χ3v) is 4.75. The van der Waals surface area contributed by atoms with Gasteiger partial charge in [-0.05, 0) is 31.5 Å². The summed E-state index contributed by atoms with van der Waals surface area (Å²) in [4.78, 5) is 0. The van der Waals surface area contributed by atoms with Crippen LogP contribution in [0.15, 0.2) is 48.5 Å². The molecule has 0 unspecified atom stereocenters. The Labute approximate surface area is 152 Å². The van der Waals surface area contributed by atoms with Gasteiger partial charge in [0.05, 0.1) is 12.2 Å². The number of benzene rings is 2. The summed E-state index contributed by atoms with van der Waals surface area (Å²) in [5.74, 6) is -0.183. The molecule has 2 aromatic carbocycles. The molecule has 3 nitrogen and oxygen atoms in total. The van der Waals surface area contributed by atoms with Crippen molar-refractivity contribution >= 4 is 11.6 Å². The van der Waals surface area contributed by atoms with Gasteiger partial charge in [0.2, 0.25) is 0 Å². The lowest BCUT2D eigenvalue weighted by molar-refractivity contribution is 0.587. The van der Waals surface area contributed by atoms with E-state index in [2.05, 4.69) is 17.3 Å². The van der Waals surface area contributed by atoms with E-state index in [9.17, 15) is 4.39 Å². The molecule has 0 aliphatic rings. The van der Waals surface area contributed by atoms with Crippen LogP contribution in [0.5, 0.6) is 0 Å². The molecule has 0 saturated heterocycles. The summed E-state index contributed by atoms with van der Waals surface area (Å²) in [6.07, 6.45) is 0. The van der Waals surface area contributed by atoms with Gasteiger partial charge in [-0.2, -0.15) is 5.10 Å². The normalized spacial score (nSPS) is 11.0. The minimum atomic E-state index is -0.183. The molecule has 1 heterocycles. The van der Waals surface area contributed by atoms with E-state index in [1.54, 1.807) is 12.1 Å². The first kappa shape index (κ1) is 17.6. The van der Waals surface area contributed by atoms with Crippen LogP contribution in [0.4, 0.5) is 4.39 Å². The van der Waals surface area contributed by atoms with Gasteiger partial charge < -0.3 is 5.32 Å². The van der Waals surface area contributed by atoms with Crippen LogP contribution in [0.1, 0.15) is 28.1 Å². The van der Waals surface area contributed by atoms with Crippen LogP contribution in [0.3, 0.4) is 0 Å². The van der Waals surface area contributed by atoms with Crippen molar-refractivity contribution in [2.45, 2.75) is 33.5 Å². The molecule has 25 heavy (non-hydrogen) atoms. The average Bonchev–Trinajstić information content (AvgIpc) is 2.86. The van der Waals surface area contributed by atoms with Crippen LogP contribution in [-0.4, -0.2) is 9.78 Å². The first-order valence-corrected chi connectivity index (χ1v) is 8.64. The van der Waals surface area contributed by atoms with E-state index in [0.29, 0.717) is 25.2 Å². The van der Waals surface area contributed by atoms with Crippen molar-refractivity contribution < 1.29 is 4.39 Å². The van der Waals surface area contributed by atoms with Gasteiger partial charge in [-0.25, -0.2) is 4.39 Å². The maximum absolute atomic E-state index is 13.7. The first-order chi connectivity index (χ1) is 12.1. The summed E-state index contributed by atoms with van der Waals surface area (Å²) in [7, 11) is 0. The summed E-state index contributed by atoms with van der Waals surface area (Å²) < 4.78 is 15.7. The van der Waals surface area contributed by atoms with E-state index in [1.165, 1.54) is 6.07 Å². The number of halogens is 2. The fourth-order valence-electron chi connectivity index (χ4n) is 2.90. The van der Waals surface area contributed by atoms with Gasteiger partial charge in [0, 0.05) is 34.9 Å². The number of hydrogen-bond donors (Lipinski definition) is 1. The standard InChI is InChI=1S/C20H21ClFN3/c1-14-18(12-23-11-16-7-4-6-10-20(16)22)15(2)25(24-14)13-17-8-3-5-9-19(17)21/h3-10,23H,11-13H2,1-2H3. The molecular weight excluding hydrogens is 337 g/mol. The molecule has 1 N–H and O–H groups in total. The van der Waals surface area contributed by atoms with Gasteiger partial charge in [-0.1, -0.05) is 48.0 Å². The molecule has 0 aliphatic carbocycles. The zero-order valence-corrected chi connectivity index (χ0v) is 15.1. The molecule has 3 rings (SSSR count). The van der Waals surface area contributed by atoms with Crippen molar-refractivity contribution in [1.29, 1.82) is 0 Å². The van der Waals surface area contributed by atoms with Crippen LogP contribution in [-0.2, 0) is 19.6 Å². The lowest BCUT2D eigenvalue weighted by atomic mass is 10.1. The Morgan fingerprint density at radius 1 is 1.00 bits per heavy atom. The predicted molar refractivity (Wildman–Crippen MR) is 99.2 cm³/mol. The highest BCUT2D eigenvalue weighted by Gasteiger charge is 2.12. The largest absolute Gasteiger partial charge is 0.308 e. The summed E-state index contributed by atoms with van der Waals surface area (Å²) >= 11 is 6.25. The highest BCUT2D eigenvalue weighted by molar-refractivity contribution is 6.31.